The first-order valence-electron chi connectivity index (χ1n) is 12.2. The van der Waals surface area contributed by atoms with Crippen molar-refractivity contribution in [3.05, 3.63) is 46.4 Å². The van der Waals surface area contributed by atoms with Gasteiger partial charge in [-0.2, -0.15) is 5.26 Å². The number of aliphatic hydroxyl groups is 1. The Kier molecular flexibility index (Phi) is 7.60. The minimum atomic E-state index is -0.396. The number of methoxy groups -OCH3 is 4. The lowest BCUT2D eigenvalue weighted by Gasteiger charge is -2.47. The zero-order valence-electron chi connectivity index (χ0n) is 21.6. The summed E-state index contributed by atoms with van der Waals surface area (Å²) in [5, 5.41) is 21.2. The fourth-order valence-electron chi connectivity index (χ4n) is 6.15. The molecule has 1 aliphatic carbocycles. The van der Waals surface area contributed by atoms with E-state index in [9.17, 15) is 10.4 Å². The smallest absolute Gasteiger partial charge is 0.161 e. The van der Waals surface area contributed by atoms with Crippen LogP contribution in [0.5, 0.6) is 11.5 Å². The van der Waals surface area contributed by atoms with Crippen LogP contribution in [0.4, 0.5) is 0 Å². The summed E-state index contributed by atoms with van der Waals surface area (Å²) in [6.07, 6.45) is 4.36. The molecule has 0 spiro atoms. The lowest BCUT2D eigenvalue weighted by molar-refractivity contribution is 0.0346. The van der Waals surface area contributed by atoms with Crippen LogP contribution in [0, 0.1) is 17.2 Å². The highest BCUT2D eigenvalue weighted by Gasteiger charge is 2.49. The van der Waals surface area contributed by atoms with E-state index in [1.165, 1.54) is 5.57 Å². The molecule has 0 saturated carbocycles. The Bertz CT molecular complexity index is 1050. The Labute approximate surface area is 208 Å². The molecule has 5 atom stereocenters. The van der Waals surface area contributed by atoms with E-state index in [-0.39, 0.29) is 30.7 Å². The Hall–Kier alpha value is -2.73. The fraction of sp³-hybridized carbons (Fsp3) is 0.593. The van der Waals surface area contributed by atoms with Crippen molar-refractivity contribution >= 4 is 0 Å². The highest BCUT2D eigenvalue weighted by atomic mass is 16.5. The van der Waals surface area contributed by atoms with Crippen LogP contribution in [0.1, 0.15) is 36.9 Å². The van der Waals surface area contributed by atoms with Crippen LogP contribution >= 0.6 is 0 Å². The van der Waals surface area contributed by atoms with Gasteiger partial charge in [-0.1, -0.05) is 6.92 Å². The monoisotopic (exact) mass is 483 g/mol. The number of nitriles is 1. The molecule has 1 N–H and O–H groups in total. The fourth-order valence-corrected chi connectivity index (χ4v) is 6.15. The minimum Gasteiger partial charge on any atom is -0.497 e. The maximum atomic E-state index is 10.7. The summed E-state index contributed by atoms with van der Waals surface area (Å²) in [7, 11) is 8.67. The Balaban J connectivity index is 1.94. The van der Waals surface area contributed by atoms with Gasteiger partial charge < -0.3 is 29.0 Å². The molecular formula is C27H37N3O5. The SMILES string of the molecule is CCN(C)[C@H]1CC2CC(OC)=C(OC)C=C2[C@@H]2Cc3cc(OC)c(OC)cc3[C@H](CO)N2[C@H]1C#N. The summed E-state index contributed by atoms with van der Waals surface area (Å²) in [5.41, 5.74) is 3.31. The molecule has 1 aromatic carbocycles. The van der Waals surface area contributed by atoms with Crippen LogP contribution in [0.15, 0.2) is 35.3 Å². The highest BCUT2D eigenvalue weighted by Crippen LogP contribution is 2.48. The van der Waals surface area contributed by atoms with E-state index >= 15 is 0 Å². The maximum Gasteiger partial charge on any atom is 0.161 e. The number of aliphatic hydroxyl groups excluding tert-OH is 1. The van der Waals surface area contributed by atoms with Crippen LogP contribution in [-0.2, 0) is 15.9 Å². The van der Waals surface area contributed by atoms with Crippen molar-refractivity contribution in [1.82, 2.24) is 9.80 Å². The number of hydrogen-bond donors (Lipinski definition) is 1. The molecule has 35 heavy (non-hydrogen) atoms. The summed E-state index contributed by atoms with van der Waals surface area (Å²) in [6.45, 7) is 2.84. The van der Waals surface area contributed by atoms with Crippen molar-refractivity contribution < 1.29 is 24.1 Å². The highest BCUT2D eigenvalue weighted by molar-refractivity contribution is 5.51. The molecule has 0 bridgehead atoms. The minimum absolute atomic E-state index is 0.00125. The largest absolute Gasteiger partial charge is 0.497 e. The number of ether oxygens (including phenoxy) is 4. The van der Waals surface area contributed by atoms with Crippen molar-refractivity contribution in [1.29, 1.82) is 5.26 Å². The molecule has 0 aromatic heterocycles. The molecule has 1 saturated heterocycles. The van der Waals surface area contributed by atoms with Crippen LogP contribution in [0.2, 0.25) is 0 Å². The molecule has 1 unspecified atom stereocenters. The van der Waals surface area contributed by atoms with Crippen molar-refractivity contribution in [3.8, 4) is 17.6 Å². The maximum absolute atomic E-state index is 10.7. The van der Waals surface area contributed by atoms with Gasteiger partial charge in [-0.15, -0.1) is 0 Å². The first-order chi connectivity index (χ1) is 17.0. The average Bonchev–Trinajstić information content (AvgIpc) is 3.03. The number of benzene rings is 1. The molecule has 2 aliphatic heterocycles. The summed E-state index contributed by atoms with van der Waals surface area (Å²) in [5.74, 6) is 3.06. The third-order valence-corrected chi connectivity index (χ3v) is 8.05. The van der Waals surface area contributed by atoms with Gasteiger partial charge in [0.1, 0.15) is 11.8 Å². The first-order valence-corrected chi connectivity index (χ1v) is 12.2. The summed E-state index contributed by atoms with van der Waals surface area (Å²) in [4.78, 5) is 4.50. The normalized spacial score (nSPS) is 28.2. The second-order valence-corrected chi connectivity index (χ2v) is 9.46. The number of rotatable bonds is 7. The number of fused-ring (bicyclic) bond motifs is 4. The molecule has 8 nitrogen and oxygen atoms in total. The molecule has 8 heteroatoms. The molecule has 0 radical (unpaired) electrons. The predicted molar refractivity (Wildman–Crippen MR) is 132 cm³/mol. The van der Waals surface area contributed by atoms with E-state index in [1.807, 2.05) is 12.1 Å². The van der Waals surface area contributed by atoms with Crippen molar-refractivity contribution in [2.24, 2.45) is 5.92 Å². The molecule has 190 valence electrons. The van der Waals surface area contributed by atoms with Crippen molar-refractivity contribution in [3.63, 3.8) is 0 Å². The Morgan fingerprint density at radius 3 is 2.37 bits per heavy atom. The number of likely N-dealkylation sites (N-methyl/N-ethyl adjacent to an activating group) is 1. The van der Waals surface area contributed by atoms with Gasteiger partial charge >= 0.3 is 0 Å². The van der Waals surface area contributed by atoms with E-state index < -0.39 is 6.04 Å². The third kappa shape index (κ3) is 4.26. The zero-order valence-corrected chi connectivity index (χ0v) is 21.6. The van der Waals surface area contributed by atoms with E-state index in [0.717, 1.165) is 42.0 Å². The summed E-state index contributed by atoms with van der Waals surface area (Å²) < 4.78 is 22.6. The molecule has 4 rings (SSSR count). The van der Waals surface area contributed by atoms with E-state index in [1.54, 1.807) is 28.4 Å². The zero-order chi connectivity index (χ0) is 25.3. The van der Waals surface area contributed by atoms with Gasteiger partial charge in [-0.05, 0) is 67.3 Å². The second-order valence-electron chi connectivity index (χ2n) is 9.46. The van der Waals surface area contributed by atoms with Gasteiger partial charge in [-0.25, -0.2) is 0 Å². The van der Waals surface area contributed by atoms with Gasteiger partial charge in [0.2, 0.25) is 0 Å². The van der Waals surface area contributed by atoms with Gasteiger partial charge in [0.15, 0.2) is 17.3 Å². The Morgan fingerprint density at radius 1 is 1.09 bits per heavy atom. The molecule has 1 fully saturated rings. The number of allylic oxidation sites excluding steroid dienone is 2. The lowest BCUT2D eigenvalue weighted by Crippen LogP contribution is -2.56. The van der Waals surface area contributed by atoms with Gasteiger partial charge in [-0.3, -0.25) is 4.90 Å². The quantitative estimate of drug-likeness (QED) is 0.633. The Morgan fingerprint density at radius 2 is 1.80 bits per heavy atom. The summed E-state index contributed by atoms with van der Waals surface area (Å²) in [6, 6.07) is 5.80. The number of nitrogens with zero attached hydrogens (tertiary/aromatic N) is 3. The molecule has 3 aliphatic rings. The first kappa shape index (κ1) is 25.4. The third-order valence-electron chi connectivity index (χ3n) is 8.05. The van der Waals surface area contributed by atoms with Crippen LogP contribution in [0.25, 0.3) is 0 Å². The average molecular weight is 484 g/mol. The van der Waals surface area contributed by atoms with E-state index in [4.69, 9.17) is 18.9 Å². The summed E-state index contributed by atoms with van der Waals surface area (Å²) >= 11 is 0. The van der Waals surface area contributed by atoms with Gasteiger partial charge in [0.05, 0.1) is 47.2 Å². The van der Waals surface area contributed by atoms with Gasteiger partial charge in [0.25, 0.3) is 0 Å². The van der Waals surface area contributed by atoms with E-state index in [0.29, 0.717) is 17.9 Å². The van der Waals surface area contributed by atoms with Crippen LogP contribution in [-0.4, -0.2) is 81.7 Å². The van der Waals surface area contributed by atoms with E-state index in [2.05, 4.69) is 35.9 Å². The molecule has 1 aromatic rings. The van der Waals surface area contributed by atoms with Crippen molar-refractivity contribution in [2.75, 3.05) is 48.6 Å². The topological polar surface area (TPSA) is 87.4 Å². The van der Waals surface area contributed by atoms with Crippen LogP contribution < -0.4 is 9.47 Å². The lowest BCUT2D eigenvalue weighted by atomic mass is 9.78. The van der Waals surface area contributed by atoms with Crippen molar-refractivity contribution in [2.45, 2.75) is 50.4 Å². The number of hydrogen-bond acceptors (Lipinski definition) is 8. The standard InChI is InChI=1S/C27H37N3O5/c1-7-29(2)21-9-17-11-25(33-4)26(34-5)12-18(17)20-8-16-10-24(32-3)27(35-6)13-19(16)23(15-31)30(20)22(21)14-28/h10,12-13,17,20-23,31H,7-9,11,15H2,1-6H3/t17?,20-,21-,22-,23-/m0/s1. The van der Waals surface area contributed by atoms with Gasteiger partial charge in [0, 0.05) is 18.5 Å². The molecular weight excluding hydrogens is 446 g/mol. The molecule has 0 amide bonds. The predicted octanol–water partition coefficient (Wildman–Crippen LogP) is 3.03. The molecule has 2 heterocycles. The second kappa shape index (κ2) is 10.5. The van der Waals surface area contributed by atoms with Crippen LogP contribution in [0.3, 0.4) is 0 Å².